The van der Waals surface area contributed by atoms with Gasteiger partial charge in [-0.15, -0.1) is 0 Å². The fraction of sp³-hybridized carbons (Fsp3) is 0.333. The van der Waals surface area contributed by atoms with E-state index in [1.165, 1.54) is 18.2 Å². The minimum absolute atomic E-state index is 0.145. The first-order valence-electron chi connectivity index (χ1n) is 5.24. The number of rotatable bonds is 2. The summed E-state index contributed by atoms with van der Waals surface area (Å²) in [5.74, 6) is -2.60. The monoisotopic (exact) mass is 257 g/mol. The molecule has 1 aromatic rings. The molecule has 1 unspecified atom stereocenters. The Bertz CT molecular complexity index is 466. The van der Waals surface area contributed by atoms with Crippen molar-refractivity contribution in [3.8, 4) is 0 Å². The molecule has 0 spiro atoms. The van der Waals surface area contributed by atoms with Gasteiger partial charge in [-0.05, 0) is 40.8 Å². The van der Waals surface area contributed by atoms with Crippen LogP contribution < -0.4 is 0 Å². The van der Waals surface area contributed by atoms with Gasteiger partial charge in [-0.3, -0.25) is 4.21 Å². The number of hydrogen-bond acceptors (Lipinski definition) is 2. The lowest BCUT2D eigenvalue weighted by atomic mass is 9.91. The van der Waals surface area contributed by atoms with Crippen LogP contribution in [0.15, 0.2) is 35.2 Å². The van der Waals surface area contributed by atoms with E-state index in [1.807, 2.05) is 0 Å². The summed E-state index contributed by atoms with van der Waals surface area (Å²) in [7, 11) is 0. The Kier molecular flexibility index (Phi) is 3.40. The van der Waals surface area contributed by atoms with Gasteiger partial charge >= 0.3 is 0 Å². The number of hydrogen-bond donors (Lipinski definition) is 0. The smallest absolute Gasteiger partial charge is 0.251 e. The van der Waals surface area contributed by atoms with Gasteiger partial charge in [0.25, 0.3) is 5.92 Å². The molecule has 0 fully saturated rings. The lowest BCUT2D eigenvalue weighted by Crippen LogP contribution is -2.18. The Labute approximate surface area is 101 Å². The van der Waals surface area contributed by atoms with Crippen LogP contribution in [0.4, 0.5) is 8.78 Å². The van der Waals surface area contributed by atoms with E-state index in [2.05, 4.69) is 0 Å². The van der Waals surface area contributed by atoms with E-state index in [-0.39, 0.29) is 17.7 Å². The van der Waals surface area contributed by atoms with Gasteiger partial charge in [0.2, 0.25) is 0 Å². The lowest BCUT2D eigenvalue weighted by molar-refractivity contribution is -0.00602. The van der Waals surface area contributed by atoms with Crippen molar-refractivity contribution < 1.29 is 17.5 Å². The lowest BCUT2D eigenvalue weighted by Gasteiger charge is -2.21. The maximum atomic E-state index is 12.9. The number of halogens is 2. The van der Waals surface area contributed by atoms with Crippen LogP contribution in [0.25, 0.3) is 5.57 Å². The summed E-state index contributed by atoms with van der Waals surface area (Å²) in [6.07, 6.45) is 1.48. The van der Waals surface area contributed by atoms with Gasteiger partial charge in [-0.2, -0.15) is 0 Å². The van der Waals surface area contributed by atoms with Gasteiger partial charge in [0.05, 0.1) is 0 Å². The molecular formula is C12H11F2O2S-. The number of allylic oxidation sites excluding steroid dienone is 2. The molecule has 0 bridgehead atoms. The molecule has 2 nitrogen and oxygen atoms in total. The minimum Gasteiger partial charge on any atom is -0.768 e. The van der Waals surface area contributed by atoms with Crippen molar-refractivity contribution in [3.05, 3.63) is 35.9 Å². The molecule has 1 atom stereocenters. The van der Waals surface area contributed by atoms with Crippen molar-refractivity contribution >= 4 is 16.7 Å². The van der Waals surface area contributed by atoms with Crippen LogP contribution >= 0.6 is 0 Å². The first-order valence-corrected chi connectivity index (χ1v) is 6.32. The predicted octanol–water partition coefficient (Wildman–Crippen LogP) is 3.13. The second kappa shape index (κ2) is 4.66. The molecule has 92 valence electrons. The topological polar surface area (TPSA) is 40.1 Å². The molecule has 1 aromatic carbocycles. The summed E-state index contributed by atoms with van der Waals surface area (Å²) in [5.41, 5.74) is 1.67. The van der Waals surface area contributed by atoms with E-state index in [1.54, 1.807) is 12.1 Å². The van der Waals surface area contributed by atoms with Crippen molar-refractivity contribution in [2.75, 3.05) is 0 Å². The Morgan fingerprint density at radius 3 is 2.35 bits per heavy atom. The summed E-state index contributed by atoms with van der Waals surface area (Å²) < 4.78 is 47.2. The molecule has 0 heterocycles. The van der Waals surface area contributed by atoms with Crippen molar-refractivity contribution in [1.82, 2.24) is 0 Å². The van der Waals surface area contributed by atoms with E-state index >= 15 is 0 Å². The van der Waals surface area contributed by atoms with E-state index < -0.39 is 17.0 Å². The van der Waals surface area contributed by atoms with Crippen molar-refractivity contribution in [2.24, 2.45) is 0 Å². The highest BCUT2D eigenvalue weighted by Crippen LogP contribution is 2.36. The minimum atomic E-state index is -2.60. The standard InChI is InChI=1S/C12H12F2O2S/c13-12(14)7-5-10(6-8-12)9-1-3-11(4-2-9)17(15)16/h1-5H,6-8H2,(H,15,16)/p-1. The number of benzene rings is 1. The molecule has 2 rings (SSSR count). The summed E-state index contributed by atoms with van der Waals surface area (Å²) in [5, 5.41) is 0. The average Bonchev–Trinajstić information content (AvgIpc) is 2.29. The van der Waals surface area contributed by atoms with E-state index in [9.17, 15) is 17.5 Å². The van der Waals surface area contributed by atoms with Crippen molar-refractivity contribution in [3.63, 3.8) is 0 Å². The SMILES string of the molecule is O=S([O-])c1ccc(C2=CCC(F)(F)CC2)cc1. The van der Waals surface area contributed by atoms with Gasteiger partial charge < -0.3 is 4.55 Å². The normalized spacial score (nSPS) is 20.8. The van der Waals surface area contributed by atoms with Crippen molar-refractivity contribution in [1.29, 1.82) is 0 Å². The average molecular weight is 257 g/mol. The zero-order valence-corrected chi connectivity index (χ0v) is 9.81. The third kappa shape index (κ3) is 2.98. The second-order valence-electron chi connectivity index (χ2n) is 4.05. The first kappa shape index (κ1) is 12.4. The van der Waals surface area contributed by atoms with Gasteiger partial charge in [0.1, 0.15) is 0 Å². The summed E-state index contributed by atoms with van der Waals surface area (Å²) >= 11 is -2.24. The zero-order valence-electron chi connectivity index (χ0n) is 8.99. The summed E-state index contributed by atoms with van der Waals surface area (Å²) in [4.78, 5) is 0.204. The molecule has 0 N–H and O–H groups in total. The van der Waals surface area contributed by atoms with Crippen LogP contribution in [0.1, 0.15) is 24.8 Å². The molecule has 0 aliphatic heterocycles. The van der Waals surface area contributed by atoms with Gasteiger partial charge in [-0.1, -0.05) is 18.2 Å². The molecular weight excluding hydrogens is 246 g/mol. The molecule has 1 aliphatic rings. The van der Waals surface area contributed by atoms with Crippen LogP contribution in [0.2, 0.25) is 0 Å². The van der Waals surface area contributed by atoms with E-state index in [0.717, 1.165) is 11.1 Å². The van der Waals surface area contributed by atoms with Crippen molar-refractivity contribution in [2.45, 2.75) is 30.1 Å². The molecule has 5 heteroatoms. The molecule has 0 radical (unpaired) electrons. The predicted molar refractivity (Wildman–Crippen MR) is 60.4 cm³/mol. The van der Waals surface area contributed by atoms with E-state index in [4.69, 9.17) is 0 Å². The fourth-order valence-electron chi connectivity index (χ4n) is 1.84. The highest BCUT2D eigenvalue weighted by atomic mass is 32.2. The highest BCUT2D eigenvalue weighted by molar-refractivity contribution is 7.79. The maximum Gasteiger partial charge on any atom is 0.251 e. The molecule has 1 aliphatic carbocycles. The quantitative estimate of drug-likeness (QED) is 0.764. The Morgan fingerprint density at radius 1 is 1.24 bits per heavy atom. The van der Waals surface area contributed by atoms with Crippen LogP contribution in [0, 0.1) is 0 Å². The molecule has 0 amide bonds. The van der Waals surface area contributed by atoms with Crippen LogP contribution in [-0.4, -0.2) is 14.7 Å². The Hall–Kier alpha value is -1.07. The fourth-order valence-corrected chi connectivity index (χ4v) is 2.19. The van der Waals surface area contributed by atoms with Crippen LogP contribution in [-0.2, 0) is 11.1 Å². The second-order valence-corrected chi connectivity index (χ2v) is 4.99. The van der Waals surface area contributed by atoms with Gasteiger partial charge in [0.15, 0.2) is 0 Å². The number of alkyl halides is 2. The largest absolute Gasteiger partial charge is 0.768 e. The Morgan fingerprint density at radius 2 is 1.88 bits per heavy atom. The summed E-state index contributed by atoms with van der Waals surface area (Å²) in [6.45, 7) is 0. The molecule has 0 saturated heterocycles. The molecule has 0 aromatic heterocycles. The maximum absolute atomic E-state index is 12.9. The van der Waals surface area contributed by atoms with Gasteiger partial charge in [0, 0.05) is 17.7 Å². The first-order chi connectivity index (χ1) is 7.98. The Balaban J connectivity index is 2.19. The van der Waals surface area contributed by atoms with Gasteiger partial charge in [-0.25, -0.2) is 8.78 Å². The molecule has 0 saturated carbocycles. The highest BCUT2D eigenvalue weighted by Gasteiger charge is 2.30. The van der Waals surface area contributed by atoms with Crippen LogP contribution in [0.5, 0.6) is 0 Å². The molecule has 17 heavy (non-hydrogen) atoms. The third-order valence-electron chi connectivity index (χ3n) is 2.82. The summed E-state index contributed by atoms with van der Waals surface area (Å²) in [6, 6.07) is 6.26. The van der Waals surface area contributed by atoms with E-state index in [0.29, 0.717) is 6.42 Å². The third-order valence-corrected chi connectivity index (χ3v) is 3.48. The zero-order chi connectivity index (χ0) is 12.5. The van der Waals surface area contributed by atoms with Crippen LogP contribution in [0.3, 0.4) is 0 Å².